The smallest absolute Gasteiger partial charge is 0.305 e. The number of carbonyl (C=O) groups is 1. The number of ether oxygens (including phenoxy) is 2. The summed E-state index contributed by atoms with van der Waals surface area (Å²) in [4.78, 5) is 10.3. The quantitative estimate of drug-likeness (QED) is 0.648. The van der Waals surface area contributed by atoms with Crippen molar-refractivity contribution in [3.8, 4) is 5.75 Å². The van der Waals surface area contributed by atoms with Gasteiger partial charge in [-0.2, -0.15) is 0 Å². The van der Waals surface area contributed by atoms with E-state index in [1.165, 1.54) is 6.07 Å². The molecule has 0 aromatic heterocycles. The maximum absolute atomic E-state index is 13.7. The van der Waals surface area contributed by atoms with Gasteiger partial charge in [0, 0.05) is 13.1 Å². The van der Waals surface area contributed by atoms with Crippen molar-refractivity contribution in [1.82, 2.24) is 5.32 Å². The Hall–Kier alpha value is -1.66. The normalized spacial score (nSPS) is 10.9. The van der Waals surface area contributed by atoms with Crippen LogP contribution >= 0.6 is 0 Å². The Balaban J connectivity index is 2.23. The zero-order valence-electron chi connectivity index (χ0n) is 12.4. The molecule has 5 nitrogen and oxygen atoms in total. The lowest BCUT2D eigenvalue weighted by Gasteiger charge is -2.12. The van der Waals surface area contributed by atoms with Gasteiger partial charge in [0.15, 0.2) is 11.6 Å². The highest BCUT2D eigenvalue weighted by atomic mass is 19.1. The molecule has 0 saturated heterocycles. The van der Waals surface area contributed by atoms with Crippen LogP contribution in [0.2, 0.25) is 0 Å². The first-order chi connectivity index (χ1) is 9.99. The number of carboxylic acids is 1. The first kappa shape index (κ1) is 17.4. The van der Waals surface area contributed by atoms with Crippen LogP contribution in [0, 0.1) is 5.82 Å². The monoisotopic (exact) mass is 299 g/mol. The fourth-order valence-corrected chi connectivity index (χ4v) is 1.64. The Kier molecular flexibility index (Phi) is 7.71. The lowest BCUT2D eigenvalue weighted by atomic mass is 10.2. The highest BCUT2D eigenvalue weighted by Crippen LogP contribution is 2.19. The number of nitrogens with one attached hydrogen (secondary N) is 1. The number of hydrogen-bond acceptors (Lipinski definition) is 4. The first-order valence-corrected chi connectivity index (χ1v) is 6.94. The Labute approximate surface area is 124 Å². The van der Waals surface area contributed by atoms with E-state index < -0.39 is 5.97 Å². The van der Waals surface area contributed by atoms with Crippen LogP contribution in [0.5, 0.6) is 5.75 Å². The maximum Gasteiger partial charge on any atom is 0.305 e. The Morgan fingerprint density at radius 3 is 2.76 bits per heavy atom. The summed E-state index contributed by atoms with van der Waals surface area (Å²) in [6, 6.07) is 4.87. The van der Waals surface area contributed by atoms with Crippen LogP contribution in [-0.4, -0.2) is 36.9 Å². The molecule has 6 heteroatoms. The lowest BCUT2D eigenvalue weighted by molar-refractivity contribution is -0.138. The zero-order valence-corrected chi connectivity index (χ0v) is 12.4. The second-order valence-electron chi connectivity index (χ2n) is 4.86. The van der Waals surface area contributed by atoms with Gasteiger partial charge in [-0.05, 0) is 31.5 Å². The van der Waals surface area contributed by atoms with Crippen LogP contribution in [0.1, 0.15) is 25.8 Å². The summed E-state index contributed by atoms with van der Waals surface area (Å²) in [5, 5.41) is 11.5. The fourth-order valence-electron chi connectivity index (χ4n) is 1.64. The second-order valence-corrected chi connectivity index (χ2v) is 4.86. The standard InChI is InChI=1S/C15H22FNO4/c1-11(2)21-14-4-3-12(9-13(14)16)10-17-6-8-20-7-5-15(18)19/h3-4,9,11,17H,5-8,10H2,1-2H3,(H,18,19). The van der Waals surface area contributed by atoms with E-state index in [1.807, 2.05) is 13.8 Å². The number of hydrogen-bond donors (Lipinski definition) is 2. The molecule has 0 aliphatic heterocycles. The third-order valence-electron chi connectivity index (χ3n) is 2.57. The summed E-state index contributed by atoms with van der Waals surface area (Å²) >= 11 is 0. The maximum atomic E-state index is 13.7. The summed E-state index contributed by atoms with van der Waals surface area (Å²) in [6.45, 7) is 5.41. The second kappa shape index (κ2) is 9.31. The van der Waals surface area contributed by atoms with Crippen LogP contribution < -0.4 is 10.1 Å². The predicted molar refractivity (Wildman–Crippen MR) is 76.9 cm³/mol. The van der Waals surface area contributed by atoms with Crippen LogP contribution in [0.4, 0.5) is 4.39 Å². The van der Waals surface area contributed by atoms with Gasteiger partial charge in [0.2, 0.25) is 0 Å². The molecule has 1 aromatic rings. The molecule has 0 atom stereocenters. The van der Waals surface area contributed by atoms with Crippen molar-refractivity contribution >= 4 is 5.97 Å². The van der Waals surface area contributed by atoms with Crippen molar-refractivity contribution in [1.29, 1.82) is 0 Å². The van der Waals surface area contributed by atoms with Gasteiger partial charge < -0.3 is 19.9 Å². The molecule has 0 heterocycles. The van der Waals surface area contributed by atoms with Gasteiger partial charge in [-0.1, -0.05) is 6.07 Å². The molecule has 118 valence electrons. The number of rotatable bonds is 10. The molecule has 1 rings (SSSR count). The molecular formula is C15H22FNO4. The third kappa shape index (κ3) is 7.63. The van der Waals surface area contributed by atoms with Crippen molar-refractivity contribution in [2.24, 2.45) is 0 Å². The van der Waals surface area contributed by atoms with E-state index in [9.17, 15) is 9.18 Å². The molecule has 0 radical (unpaired) electrons. The minimum absolute atomic E-state index is 0.00250. The Bertz CT molecular complexity index is 451. The minimum Gasteiger partial charge on any atom is -0.488 e. The van der Waals surface area contributed by atoms with Crippen molar-refractivity contribution in [3.63, 3.8) is 0 Å². The highest BCUT2D eigenvalue weighted by molar-refractivity contribution is 5.66. The molecule has 0 unspecified atom stereocenters. The minimum atomic E-state index is -0.873. The molecule has 0 aliphatic carbocycles. The van der Waals surface area contributed by atoms with Gasteiger partial charge in [0.1, 0.15) is 0 Å². The first-order valence-electron chi connectivity index (χ1n) is 6.94. The van der Waals surface area contributed by atoms with E-state index >= 15 is 0 Å². The largest absolute Gasteiger partial charge is 0.488 e. The topological polar surface area (TPSA) is 67.8 Å². The fraction of sp³-hybridized carbons (Fsp3) is 0.533. The van der Waals surface area contributed by atoms with E-state index in [-0.39, 0.29) is 30.7 Å². The van der Waals surface area contributed by atoms with Crippen molar-refractivity contribution < 1.29 is 23.8 Å². The molecule has 1 aromatic carbocycles. The SMILES string of the molecule is CC(C)Oc1ccc(CNCCOCCC(=O)O)cc1F. The van der Waals surface area contributed by atoms with Crippen molar-refractivity contribution in [2.45, 2.75) is 32.9 Å². The molecule has 0 spiro atoms. The van der Waals surface area contributed by atoms with Crippen molar-refractivity contribution in [3.05, 3.63) is 29.6 Å². The predicted octanol–water partition coefficient (Wildman–Crippen LogP) is 2.19. The van der Waals surface area contributed by atoms with E-state index in [4.69, 9.17) is 14.6 Å². The molecular weight excluding hydrogens is 277 g/mol. The van der Waals surface area contributed by atoms with E-state index in [1.54, 1.807) is 12.1 Å². The highest BCUT2D eigenvalue weighted by Gasteiger charge is 2.06. The summed E-state index contributed by atoms with van der Waals surface area (Å²) in [7, 11) is 0. The van der Waals surface area contributed by atoms with E-state index in [0.717, 1.165) is 5.56 Å². The summed E-state index contributed by atoms with van der Waals surface area (Å²) < 4.78 is 24.2. The van der Waals surface area contributed by atoms with Crippen LogP contribution in [0.3, 0.4) is 0 Å². The molecule has 0 amide bonds. The van der Waals surface area contributed by atoms with Gasteiger partial charge in [0.25, 0.3) is 0 Å². The number of halogens is 1. The molecule has 0 saturated carbocycles. The number of benzene rings is 1. The zero-order chi connectivity index (χ0) is 15.7. The van der Waals surface area contributed by atoms with Gasteiger partial charge in [-0.25, -0.2) is 4.39 Å². The van der Waals surface area contributed by atoms with Gasteiger partial charge in [-0.15, -0.1) is 0 Å². The average molecular weight is 299 g/mol. The third-order valence-corrected chi connectivity index (χ3v) is 2.57. The van der Waals surface area contributed by atoms with Gasteiger partial charge >= 0.3 is 5.97 Å². The Morgan fingerprint density at radius 1 is 1.38 bits per heavy atom. The number of carboxylic acid groups (broad SMARTS) is 1. The molecule has 0 fully saturated rings. The van der Waals surface area contributed by atoms with Crippen LogP contribution in [0.25, 0.3) is 0 Å². The van der Waals surface area contributed by atoms with Crippen LogP contribution in [0.15, 0.2) is 18.2 Å². The summed E-state index contributed by atoms with van der Waals surface area (Å²) in [5.74, 6) is -0.992. The molecule has 0 aliphatic rings. The lowest BCUT2D eigenvalue weighted by Crippen LogP contribution is -2.20. The average Bonchev–Trinajstić information content (AvgIpc) is 2.40. The van der Waals surface area contributed by atoms with Gasteiger partial charge in [-0.3, -0.25) is 4.79 Å². The van der Waals surface area contributed by atoms with Crippen LogP contribution in [-0.2, 0) is 16.1 Å². The van der Waals surface area contributed by atoms with Crippen molar-refractivity contribution in [2.75, 3.05) is 19.8 Å². The van der Waals surface area contributed by atoms with Gasteiger partial charge in [0.05, 0.1) is 25.7 Å². The summed E-state index contributed by atoms with van der Waals surface area (Å²) in [5.41, 5.74) is 0.814. The molecule has 2 N–H and O–H groups in total. The Morgan fingerprint density at radius 2 is 2.14 bits per heavy atom. The molecule has 21 heavy (non-hydrogen) atoms. The van der Waals surface area contributed by atoms with E-state index in [0.29, 0.717) is 19.7 Å². The molecule has 0 bridgehead atoms. The number of aliphatic carboxylic acids is 1. The van der Waals surface area contributed by atoms with E-state index in [2.05, 4.69) is 5.32 Å². The summed E-state index contributed by atoms with van der Waals surface area (Å²) in [6.07, 6.45) is -0.0610.